The number of aliphatic hydroxyl groups excluding tert-OH is 1. The molecule has 0 bridgehead atoms. The maximum Gasteiger partial charge on any atom is 0.523 e. The molecule has 1 aliphatic carbocycles. The van der Waals surface area contributed by atoms with E-state index >= 15 is 0 Å². The summed E-state index contributed by atoms with van der Waals surface area (Å²) in [6.07, 6.45) is -5.18. The molecule has 0 radical (unpaired) electrons. The highest BCUT2D eigenvalue weighted by atomic mass is 19.4. The van der Waals surface area contributed by atoms with Crippen molar-refractivity contribution in [1.29, 1.82) is 0 Å². The van der Waals surface area contributed by atoms with Crippen LogP contribution in [-0.4, -0.2) is 23.8 Å². The number of aliphatic hydroxyl groups is 1. The molecule has 17 heavy (non-hydrogen) atoms. The highest BCUT2D eigenvalue weighted by molar-refractivity contribution is 5.23. The van der Waals surface area contributed by atoms with Gasteiger partial charge in [0.15, 0.2) is 0 Å². The third-order valence-electron chi connectivity index (χ3n) is 2.17. The molecule has 98 valence electrons. The van der Waals surface area contributed by atoms with Crippen molar-refractivity contribution in [3.63, 3.8) is 0 Å². The minimum atomic E-state index is -4.89. The van der Waals surface area contributed by atoms with Gasteiger partial charge < -0.3 is 10.4 Å². The molecule has 0 heterocycles. The summed E-state index contributed by atoms with van der Waals surface area (Å²) in [5.41, 5.74) is 0.301. The number of ether oxygens (including phenoxy) is 1. The summed E-state index contributed by atoms with van der Waals surface area (Å²) in [6, 6.07) is 0. The lowest BCUT2D eigenvalue weighted by Crippen LogP contribution is -2.33. The van der Waals surface area contributed by atoms with Crippen molar-refractivity contribution in [2.45, 2.75) is 38.5 Å². The molecule has 7 heteroatoms. The van der Waals surface area contributed by atoms with Crippen LogP contribution in [0.2, 0.25) is 0 Å². The largest absolute Gasteiger partial charge is 0.523 e. The molecule has 3 nitrogen and oxygen atoms in total. The zero-order chi connectivity index (χ0) is 13.1. The van der Waals surface area contributed by atoms with E-state index in [4.69, 9.17) is 0 Å². The summed E-state index contributed by atoms with van der Waals surface area (Å²) in [5.74, 6) is -0.987. The normalized spacial score (nSPS) is 22.8. The molecular weight excluding hydrogens is 242 g/mol. The minimum Gasteiger partial charge on any atom is -0.374 e. The molecule has 2 N–H and O–H groups in total. The van der Waals surface area contributed by atoms with E-state index in [0.717, 1.165) is 6.08 Å². The minimum absolute atomic E-state index is 0.293. The summed E-state index contributed by atoms with van der Waals surface area (Å²) in [7, 11) is 0. The van der Waals surface area contributed by atoms with Crippen molar-refractivity contribution in [3.05, 3.63) is 23.7 Å². The van der Waals surface area contributed by atoms with Crippen LogP contribution in [0.1, 0.15) is 19.8 Å². The number of halogens is 4. The van der Waals surface area contributed by atoms with E-state index < -0.39 is 24.5 Å². The monoisotopic (exact) mass is 255 g/mol. The lowest BCUT2D eigenvalue weighted by Gasteiger charge is -2.24. The molecule has 0 saturated carbocycles. The molecule has 0 aromatic carbocycles. The van der Waals surface area contributed by atoms with Gasteiger partial charge in [-0.05, 0) is 18.6 Å². The fourth-order valence-corrected chi connectivity index (χ4v) is 1.34. The second-order valence-electron chi connectivity index (χ2n) is 3.57. The van der Waals surface area contributed by atoms with Crippen LogP contribution < -0.4 is 5.32 Å². The Morgan fingerprint density at radius 3 is 2.71 bits per heavy atom. The predicted octanol–water partition coefficient (Wildman–Crippen LogP) is 2.35. The highest BCUT2D eigenvalue weighted by Crippen LogP contribution is 2.28. The first-order valence-electron chi connectivity index (χ1n) is 5.07. The summed E-state index contributed by atoms with van der Waals surface area (Å²) in [5, 5.41) is 11.8. The van der Waals surface area contributed by atoms with Gasteiger partial charge in [0.2, 0.25) is 0 Å². The van der Waals surface area contributed by atoms with Crippen LogP contribution in [0, 0.1) is 0 Å². The van der Waals surface area contributed by atoms with Gasteiger partial charge >= 0.3 is 6.36 Å². The van der Waals surface area contributed by atoms with E-state index in [1.54, 1.807) is 6.92 Å². The van der Waals surface area contributed by atoms with E-state index in [1.807, 2.05) is 0 Å². The van der Waals surface area contributed by atoms with Gasteiger partial charge in [-0.25, -0.2) is 4.39 Å². The van der Waals surface area contributed by atoms with Crippen molar-refractivity contribution >= 4 is 0 Å². The van der Waals surface area contributed by atoms with Gasteiger partial charge in [0, 0.05) is 12.1 Å². The summed E-state index contributed by atoms with van der Waals surface area (Å²) >= 11 is 0. The number of rotatable bonds is 4. The standard InChI is InChI=1S/C10H13F4NO2/c1-2-9(16)15-6-3-4-7(11)8(5-6)17-10(12,13)14/h3-4,8-9,15-16H,2,5H2,1H3. The summed E-state index contributed by atoms with van der Waals surface area (Å²) in [6.45, 7) is 1.70. The second-order valence-corrected chi connectivity index (χ2v) is 3.57. The molecule has 0 aromatic heterocycles. The molecule has 0 fully saturated rings. The first kappa shape index (κ1) is 14.0. The Hall–Kier alpha value is -1.08. The fraction of sp³-hybridized carbons (Fsp3) is 0.600. The van der Waals surface area contributed by atoms with Crippen molar-refractivity contribution in [1.82, 2.24) is 5.32 Å². The van der Waals surface area contributed by atoms with E-state index in [-0.39, 0.29) is 6.42 Å². The van der Waals surface area contributed by atoms with Crippen LogP contribution in [-0.2, 0) is 4.74 Å². The van der Waals surface area contributed by atoms with Gasteiger partial charge in [0.05, 0.1) is 0 Å². The van der Waals surface area contributed by atoms with E-state index in [9.17, 15) is 22.7 Å². The lowest BCUT2D eigenvalue weighted by atomic mass is 10.1. The zero-order valence-electron chi connectivity index (χ0n) is 9.09. The first-order chi connectivity index (χ1) is 7.81. The maximum atomic E-state index is 13.1. The van der Waals surface area contributed by atoms with Gasteiger partial charge in [0.1, 0.15) is 18.2 Å². The second kappa shape index (κ2) is 5.50. The third-order valence-corrected chi connectivity index (χ3v) is 2.17. The van der Waals surface area contributed by atoms with Gasteiger partial charge in [-0.3, -0.25) is 4.74 Å². The Kier molecular flexibility index (Phi) is 4.53. The molecular formula is C10H13F4NO2. The van der Waals surface area contributed by atoms with Gasteiger partial charge in [-0.15, -0.1) is 13.2 Å². The van der Waals surface area contributed by atoms with Crippen molar-refractivity contribution in [3.8, 4) is 0 Å². The molecule has 2 unspecified atom stereocenters. The van der Waals surface area contributed by atoms with Crippen LogP contribution >= 0.6 is 0 Å². The smallest absolute Gasteiger partial charge is 0.374 e. The molecule has 0 aromatic rings. The van der Waals surface area contributed by atoms with Gasteiger partial charge in [-0.1, -0.05) is 6.92 Å². The van der Waals surface area contributed by atoms with Crippen LogP contribution in [0.3, 0.4) is 0 Å². The number of hydrogen-bond donors (Lipinski definition) is 2. The van der Waals surface area contributed by atoms with Gasteiger partial charge in [0.25, 0.3) is 0 Å². The highest BCUT2D eigenvalue weighted by Gasteiger charge is 2.36. The van der Waals surface area contributed by atoms with Crippen molar-refractivity contribution < 1.29 is 27.4 Å². The van der Waals surface area contributed by atoms with E-state index in [2.05, 4.69) is 10.1 Å². The predicted molar refractivity (Wildman–Crippen MR) is 52.3 cm³/mol. The van der Waals surface area contributed by atoms with Crippen LogP contribution in [0.25, 0.3) is 0 Å². The van der Waals surface area contributed by atoms with Crippen molar-refractivity contribution in [2.24, 2.45) is 0 Å². The molecule has 1 rings (SSSR count). The first-order valence-corrected chi connectivity index (χ1v) is 5.07. The summed E-state index contributed by atoms with van der Waals surface area (Å²) in [4.78, 5) is 0. The molecule has 0 aliphatic heterocycles. The fourth-order valence-electron chi connectivity index (χ4n) is 1.34. The Bertz CT molecular complexity index is 325. The number of alkyl halides is 3. The topological polar surface area (TPSA) is 41.5 Å². The SMILES string of the molecule is CCC(O)NC1=CC=C(F)C(OC(F)(F)F)C1. The van der Waals surface area contributed by atoms with Gasteiger partial charge in [-0.2, -0.15) is 0 Å². The maximum absolute atomic E-state index is 13.1. The molecule has 2 atom stereocenters. The molecule has 0 saturated heterocycles. The average molecular weight is 255 g/mol. The molecule has 0 spiro atoms. The van der Waals surface area contributed by atoms with Crippen molar-refractivity contribution in [2.75, 3.05) is 0 Å². The summed E-state index contributed by atoms with van der Waals surface area (Å²) < 4.78 is 52.6. The average Bonchev–Trinajstić information content (AvgIpc) is 2.21. The van der Waals surface area contributed by atoms with Crippen LogP contribution in [0.5, 0.6) is 0 Å². The Balaban J connectivity index is 2.62. The van der Waals surface area contributed by atoms with Crippen LogP contribution in [0.4, 0.5) is 17.6 Å². The Morgan fingerprint density at radius 2 is 2.18 bits per heavy atom. The quantitative estimate of drug-likeness (QED) is 0.598. The molecule has 0 amide bonds. The van der Waals surface area contributed by atoms with E-state index in [1.165, 1.54) is 6.08 Å². The zero-order valence-corrected chi connectivity index (χ0v) is 9.09. The number of nitrogens with one attached hydrogen (secondary N) is 1. The number of allylic oxidation sites excluding steroid dienone is 2. The Morgan fingerprint density at radius 1 is 1.53 bits per heavy atom. The Labute approximate surface area is 95.8 Å². The number of hydrogen-bond acceptors (Lipinski definition) is 3. The molecule has 1 aliphatic rings. The lowest BCUT2D eigenvalue weighted by molar-refractivity contribution is -0.339. The van der Waals surface area contributed by atoms with E-state index in [0.29, 0.717) is 12.1 Å². The third kappa shape index (κ3) is 4.74. The van der Waals surface area contributed by atoms with Crippen LogP contribution in [0.15, 0.2) is 23.7 Å².